The smallest absolute Gasteiger partial charge is 0.121 e. The van der Waals surface area contributed by atoms with Gasteiger partial charge in [0.15, 0.2) is 0 Å². The van der Waals surface area contributed by atoms with Gasteiger partial charge < -0.3 is 5.11 Å². The summed E-state index contributed by atoms with van der Waals surface area (Å²) in [4.78, 5) is 4.20. The normalized spacial score (nSPS) is 15.6. The van der Waals surface area contributed by atoms with Crippen molar-refractivity contribution in [1.29, 1.82) is 0 Å². The van der Waals surface area contributed by atoms with Crippen LogP contribution in [0.4, 0.5) is 0 Å². The van der Waals surface area contributed by atoms with Crippen LogP contribution in [0.25, 0.3) is 0 Å². The zero-order valence-corrected chi connectivity index (χ0v) is 9.63. The second-order valence-corrected chi connectivity index (χ2v) is 4.54. The molecule has 1 aliphatic carbocycles. The molecule has 1 N–H and O–H groups in total. The summed E-state index contributed by atoms with van der Waals surface area (Å²) in [5.41, 5.74) is 4.48. The topological polar surface area (TPSA) is 33.1 Å². The molecule has 0 saturated carbocycles. The minimum atomic E-state index is -0.609. The van der Waals surface area contributed by atoms with Crippen molar-refractivity contribution in [3.8, 4) is 0 Å². The first kappa shape index (κ1) is 10.5. The molecule has 1 unspecified atom stereocenters. The number of aliphatic hydroxyl groups is 1. The van der Waals surface area contributed by atoms with Crippen molar-refractivity contribution in [2.45, 2.75) is 25.4 Å². The highest BCUT2D eigenvalue weighted by molar-refractivity contribution is 5.38. The Labute approximate surface area is 101 Å². The Hall–Kier alpha value is -1.67. The summed E-state index contributed by atoms with van der Waals surface area (Å²) in [6, 6.07) is 11.9. The molecule has 86 valence electrons. The first-order valence-electron chi connectivity index (χ1n) is 6.05. The van der Waals surface area contributed by atoms with Crippen LogP contribution in [0.2, 0.25) is 0 Å². The molecule has 1 aromatic carbocycles. The summed E-state index contributed by atoms with van der Waals surface area (Å²) >= 11 is 0. The molecule has 1 aliphatic rings. The highest BCUT2D eigenvalue weighted by Crippen LogP contribution is 2.27. The molecular weight excluding hydrogens is 210 g/mol. The zero-order valence-electron chi connectivity index (χ0n) is 9.63. The number of aliphatic hydroxyl groups excluding tert-OH is 1. The fourth-order valence-corrected chi connectivity index (χ4v) is 2.47. The van der Waals surface area contributed by atoms with Gasteiger partial charge >= 0.3 is 0 Å². The summed E-state index contributed by atoms with van der Waals surface area (Å²) in [6.07, 6.45) is 4.65. The van der Waals surface area contributed by atoms with E-state index < -0.39 is 6.10 Å². The summed E-state index contributed by atoms with van der Waals surface area (Å²) in [5, 5.41) is 10.3. The van der Waals surface area contributed by atoms with Crippen LogP contribution in [0.5, 0.6) is 0 Å². The van der Waals surface area contributed by atoms with Gasteiger partial charge in [-0.1, -0.05) is 24.3 Å². The Morgan fingerprint density at radius 2 is 1.94 bits per heavy atom. The highest BCUT2D eigenvalue weighted by Gasteiger charge is 2.16. The van der Waals surface area contributed by atoms with E-state index in [1.54, 1.807) is 6.20 Å². The van der Waals surface area contributed by atoms with E-state index in [-0.39, 0.29) is 0 Å². The maximum atomic E-state index is 10.3. The molecular formula is C15H15NO. The largest absolute Gasteiger partial charge is 0.382 e. The molecule has 1 heterocycles. The number of rotatable bonds is 2. The van der Waals surface area contributed by atoms with E-state index in [0.29, 0.717) is 5.69 Å². The fraction of sp³-hybridized carbons (Fsp3) is 0.267. The predicted molar refractivity (Wildman–Crippen MR) is 66.8 cm³/mol. The Balaban J connectivity index is 1.94. The van der Waals surface area contributed by atoms with E-state index in [2.05, 4.69) is 17.1 Å². The second kappa shape index (κ2) is 4.30. The van der Waals surface area contributed by atoms with Crippen LogP contribution in [0.1, 0.15) is 34.9 Å². The number of benzene rings is 1. The van der Waals surface area contributed by atoms with E-state index >= 15 is 0 Å². The third kappa shape index (κ3) is 1.96. The Kier molecular flexibility index (Phi) is 2.65. The summed E-state index contributed by atoms with van der Waals surface area (Å²) in [7, 11) is 0. The van der Waals surface area contributed by atoms with Crippen molar-refractivity contribution < 1.29 is 5.11 Å². The van der Waals surface area contributed by atoms with Crippen LogP contribution in [0, 0.1) is 0 Å². The molecule has 0 spiro atoms. The Bertz CT molecular complexity index is 522. The number of aryl methyl sites for hydroxylation is 2. The van der Waals surface area contributed by atoms with Crippen LogP contribution in [0.15, 0.2) is 42.6 Å². The Morgan fingerprint density at radius 3 is 2.76 bits per heavy atom. The Morgan fingerprint density at radius 1 is 1.06 bits per heavy atom. The van der Waals surface area contributed by atoms with Crippen molar-refractivity contribution in [3.05, 3.63) is 65.0 Å². The maximum Gasteiger partial charge on any atom is 0.121 e. The van der Waals surface area contributed by atoms with Crippen molar-refractivity contribution in [2.75, 3.05) is 0 Å². The number of fused-ring (bicyclic) bond motifs is 1. The van der Waals surface area contributed by atoms with Crippen molar-refractivity contribution >= 4 is 0 Å². The quantitative estimate of drug-likeness (QED) is 0.852. The average Bonchev–Trinajstić information content (AvgIpc) is 2.86. The van der Waals surface area contributed by atoms with Gasteiger partial charge in [-0.15, -0.1) is 0 Å². The van der Waals surface area contributed by atoms with E-state index in [1.165, 1.54) is 24.0 Å². The van der Waals surface area contributed by atoms with Crippen LogP contribution < -0.4 is 0 Å². The van der Waals surface area contributed by atoms with E-state index in [0.717, 1.165) is 12.0 Å². The lowest BCUT2D eigenvalue weighted by Crippen LogP contribution is -2.02. The molecule has 17 heavy (non-hydrogen) atoms. The minimum Gasteiger partial charge on any atom is -0.382 e. The molecule has 2 heteroatoms. The lowest BCUT2D eigenvalue weighted by Gasteiger charge is -2.11. The molecule has 2 nitrogen and oxygen atoms in total. The van der Waals surface area contributed by atoms with Gasteiger partial charge in [0.2, 0.25) is 0 Å². The minimum absolute atomic E-state index is 0.609. The van der Waals surface area contributed by atoms with Crippen molar-refractivity contribution in [3.63, 3.8) is 0 Å². The average molecular weight is 225 g/mol. The highest BCUT2D eigenvalue weighted by atomic mass is 16.3. The fourth-order valence-electron chi connectivity index (χ4n) is 2.47. The number of hydrogen-bond donors (Lipinski definition) is 1. The van der Waals surface area contributed by atoms with Gasteiger partial charge in [-0.25, -0.2) is 0 Å². The van der Waals surface area contributed by atoms with E-state index in [1.807, 2.05) is 24.3 Å². The predicted octanol–water partition coefficient (Wildman–Crippen LogP) is 2.65. The van der Waals surface area contributed by atoms with Gasteiger partial charge in [0.05, 0.1) is 5.69 Å². The van der Waals surface area contributed by atoms with Crippen molar-refractivity contribution in [2.24, 2.45) is 0 Å². The van der Waals surface area contributed by atoms with E-state index in [9.17, 15) is 5.11 Å². The number of hydrogen-bond acceptors (Lipinski definition) is 2. The third-order valence-electron chi connectivity index (χ3n) is 3.41. The van der Waals surface area contributed by atoms with Gasteiger partial charge in [0.1, 0.15) is 6.10 Å². The molecule has 0 fully saturated rings. The lowest BCUT2D eigenvalue weighted by atomic mass is 10.0. The van der Waals surface area contributed by atoms with Gasteiger partial charge in [0, 0.05) is 6.20 Å². The number of aromatic nitrogens is 1. The number of pyridine rings is 1. The van der Waals surface area contributed by atoms with Crippen LogP contribution in [0.3, 0.4) is 0 Å². The van der Waals surface area contributed by atoms with Crippen LogP contribution >= 0.6 is 0 Å². The molecule has 0 aliphatic heterocycles. The molecule has 3 rings (SSSR count). The van der Waals surface area contributed by atoms with Gasteiger partial charge in [0.25, 0.3) is 0 Å². The molecule has 1 aromatic heterocycles. The van der Waals surface area contributed by atoms with Crippen molar-refractivity contribution in [1.82, 2.24) is 4.98 Å². The maximum absolute atomic E-state index is 10.3. The standard InChI is InChI=1S/C15H15NO/c17-15(14-6-1-2-9-16-14)13-8-7-11-4-3-5-12(11)10-13/h1-2,6-10,15,17H,3-5H2. The molecule has 1 atom stereocenters. The monoisotopic (exact) mass is 225 g/mol. The second-order valence-electron chi connectivity index (χ2n) is 4.54. The van der Waals surface area contributed by atoms with Gasteiger partial charge in [-0.3, -0.25) is 4.98 Å². The van der Waals surface area contributed by atoms with Crippen LogP contribution in [-0.4, -0.2) is 10.1 Å². The third-order valence-corrected chi connectivity index (χ3v) is 3.41. The summed E-state index contributed by atoms with van der Waals surface area (Å²) in [6.45, 7) is 0. The molecule has 0 radical (unpaired) electrons. The molecule has 0 amide bonds. The number of nitrogens with zero attached hydrogens (tertiary/aromatic N) is 1. The van der Waals surface area contributed by atoms with E-state index in [4.69, 9.17) is 0 Å². The zero-order chi connectivity index (χ0) is 11.7. The summed E-state index contributed by atoms with van der Waals surface area (Å²) < 4.78 is 0. The van der Waals surface area contributed by atoms with Crippen LogP contribution in [-0.2, 0) is 12.8 Å². The molecule has 2 aromatic rings. The molecule has 0 bridgehead atoms. The summed E-state index contributed by atoms with van der Waals surface area (Å²) in [5.74, 6) is 0. The molecule has 0 saturated heterocycles. The van der Waals surface area contributed by atoms with Gasteiger partial charge in [-0.05, 0) is 48.1 Å². The SMILES string of the molecule is OC(c1ccc2c(c1)CCC2)c1ccccn1. The first-order chi connectivity index (χ1) is 8.34. The first-order valence-corrected chi connectivity index (χ1v) is 6.05. The lowest BCUT2D eigenvalue weighted by molar-refractivity contribution is 0.215. The van der Waals surface area contributed by atoms with Gasteiger partial charge in [-0.2, -0.15) is 0 Å².